The van der Waals surface area contributed by atoms with E-state index < -0.39 is 0 Å². The van der Waals surface area contributed by atoms with Gasteiger partial charge >= 0.3 is 0 Å². The molecule has 1 aromatic carbocycles. The molecule has 1 aliphatic rings. The molecule has 3 rings (SSSR count). The fourth-order valence-electron chi connectivity index (χ4n) is 3.88. The third-order valence-electron chi connectivity index (χ3n) is 5.52. The van der Waals surface area contributed by atoms with Gasteiger partial charge in [-0.1, -0.05) is 37.3 Å². The maximum absolute atomic E-state index is 12.7. The number of ether oxygens (including phenoxy) is 1. The first kappa shape index (κ1) is 25.1. The lowest BCUT2D eigenvalue weighted by molar-refractivity contribution is -0.128. The molecule has 0 bridgehead atoms. The van der Waals surface area contributed by atoms with E-state index in [1.807, 2.05) is 37.3 Å². The zero-order valence-corrected chi connectivity index (χ0v) is 18.7. The number of carboxylic acid groups (broad SMARTS) is 1. The number of aromatic amines is 1. The molecular formula is C24H33N3O5. The van der Waals surface area contributed by atoms with Gasteiger partial charge in [0.1, 0.15) is 0 Å². The van der Waals surface area contributed by atoms with E-state index in [-0.39, 0.29) is 36.4 Å². The van der Waals surface area contributed by atoms with Crippen molar-refractivity contribution in [2.45, 2.75) is 58.2 Å². The minimum Gasteiger partial charge on any atom is -0.483 e. The number of rotatable bonds is 8. The van der Waals surface area contributed by atoms with Crippen LogP contribution < -0.4 is 10.6 Å². The highest BCUT2D eigenvalue weighted by molar-refractivity contribution is 5.95. The fraction of sp³-hybridized carbons (Fsp3) is 0.458. The minimum atomic E-state index is -0.250. The number of benzene rings is 1. The van der Waals surface area contributed by atoms with E-state index in [2.05, 4.69) is 22.5 Å². The Morgan fingerprint density at radius 1 is 1.22 bits per heavy atom. The Balaban J connectivity index is 0.00000114. The number of aromatic nitrogens is 1. The van der Waals surface area contributed by atoms with E-state index in [9.17, 15) is 9.59 Å². The average Bonchev–Trinajstić information content (AvgIpc) is 3.24. The molecule has 0 radical (unpaired) electrons. The first-order valence-electron chi connectivity index (χ1n) is 11.0. The van der Waals surface area contributed by atoms with Gasteiger partial charge in [0.2, 0.25) is 5.91 Å². The van der Waals surface area contributed by atoms with Crippen LogP contribution in [-0.2, 0) is 20.9 Å². The van der Waals surface area contributed by atoms with Gasteiger partial charge in [0.05, 0.1) is 17.7 Å². The second kappa shape index (κ2) is 13.3. The molecule has 0 saturated heterocycles. The van der Waals surface area contributed by atoms with Crippen molar-refractivity contribution in [2.75, 3.05) is 6.61 Å². The second-order valence-electron chi connectivity index (χ2n) is 7.82. The predicted octanol–water partition coefficient (Wildman–Crippen LogP) is 3.03. The highest BCUT2D eigenvalue weighted by Crippen LogP contribution is 2.28. The number of hydrogen-bond donors (Lipinski definition) is 4. The molecule has 2 aromatic rings. The minimum absolute atomic E-state index is 0.0415. The van der Waals surface area contributed by atoms with Gasteiger partial charge in [0, 0.05) is 31.0 Å². The summed E-state index contributed by atoms with van der Waals surface area (Å²) in [5, 5.41) is 13.0. The SMILES string of the molecule is CCCO[C@@H]1CC[C@H](C(=O)NCc2ccccc2)C[C@H]1NC(=O)c1cc[nH]c1C.O=CO. The molecule has 0 unspecified atom stereocenters. The highest BCUT2D eigenvalue weighted by Gasteiger charge is 2.35. The van der Waals surface area contributed by atoms with Crippen molar-refractivity contribution in [3.8, 4) is 0 Å². The van der Waals surface area contributed by atoms with Gasteiger partial charge in [-0.15, -0.1) is 0 Å². The Morgan fingerprint density at radius 2 is 1.94 bits per heavy atom. The third-order valence-corrected chi connectivity index (χ3v) is 5.52. The summed E-state index contributed by atoms with van der Waals surface area (Å²) in [5.41, 5.74) is 2.55. The van der Waals surface area contributed by atoms with Crippen molar-refractivity contribution in [1.29, 1.82) is 0 Å². The molecule has 0 spiro atoms. The largest absolute Gasteiger partial charge is 0.483 e. The first-order chi connectivity index (χ1) is 15.5. The van der Waals surface area contributed by atoms with Crippen molar-refractivity contribution < 1.29 is 24.2 Å². The summed E-state index contributed by atoms with van der Waals surface area (Å²) in [7, 11) is 0. The molecule has 3 atom stereocenters. The second-order valence-corrected chi connectivity index (χ2v) is 7.82. The molecule has 8 nitrogen and oxygen atoms in total. The van der Waals surface area contributed by atoms with Crippen molar-refractivity contribution >= 4 is 18.3 Å². The summed E-state index contributed by atoms with van der Waals surface area (Å²) >= 11 is 0. The summed E-state index contributed by atoms with van der Waals surface area (Å²) in [6.07, 6.45) is 4.75. The van der Waals surface area contributed by atoms with Crippen LogP contribution in [0.2, 0.25) is 0 Å². The zero-order valence-electron chi connectivity index (χ0n) is 18.7. The third kappa shape index (κ3) is 7.53. The molecular weight excluding hydrogens is 410 g/mol. The van der Waals surface area contributed by atoms with Crippen molar-refractivity contribution in [3.63, 3.8) is 0 Å². The maximum atomic E-state index is 12.7. The number of aryl methyl sites for hydroxylation is 1. The number of carbonyl (C=O) groups is 3. The molecule has 32 heavy (non-hydrogen) atoms. The quantitative estimate of drug-likeness (QED) is 0.468. The van der Waals surface area contributed by atoms with Crippen LogP contribution in [-0.4, -0.2) is 47.1 Å². The van der Waals surface area contributed by atoms with Gasteiger partial charge in [-0.2, -0.15) is 0 Å². The van der Waals surface area contributed by atoms with Gasteiger partial charge < -0.3 is 25.5 Å². The number of carbonyl (C=O) groups excluding carboxylic acids is 2. The standard InChI is InChI=1S/C23H31N3O3.CH2O2/c1-3-13-29-21-10-9-18(22(27)25-15-17-7-5-4-6-8-17)14-20(21)26-23(28)19-11-12-24-16(19)2;2-1-3/h4-8,11-12,18,20-21,24H,3,9-10,13-15H2,1-2H3,(H,25,27)(H,26,28);1H,(H,2,3)/t18-,20+,21+;/m0./s1. The van der Waals surface area contributed by atoms with Gasteiger partial charge in [-0.25, -0.2) is 0 Å². The lowest BCUT2D eigenvalue weighted by Crippen LogP contribution is -2.50. The molecule has 8 heteroatoms. The van der Waals surface area contributed by atoms with Crippen LogP contribution in [0.25, 0.3) is 0 Å². The highest BCUT2D eigenvalue weighted by atomic mass is 16.5. The van der Waals surface area contributed by atoms with Crippen LogP contribution in [0.1, 0.15) is 54.2 Å². The number of hydrogen-bond acceptors (Lipinski definition) is 4. The molecule has 1 heterocycles. The Kier molecular flexibility index (Phi) is 10.5. The summed E-state index contributed by atoms with van der Waals surface area (Å²) in [4.78, 5) is 36.8. The van der Waals surface area contributed by atoms with Gasteiger partial charge in [-0.3, -0.25) is 14.4 Å². The zero-order chi connectivity index (χ0) is 23.3. The Bertz CT molecular complexity index is 852. The monoisotopic (exact) mass is 443 g/mol. The smallest absolute Gasteiger partial charge is 0.290 e. The topological polar surface area (TPSA) is 121 Å². The fourth-order valence-corrected chi connectivity index (χ4v) is 3.88. The summed E-state index contributed by atoms with van der Waals surface area (Å²) in [6.45, 7) is 4.87. The Labute approximate surface area is 188 Å². The number of H-pyrrole nitrogens is 1. The van der Waals surface area contributed by atoms with E-state index in [1.54, 1.807) is 12.3 Å². The Hall–Kier alpha value is -3.13. The lowest BCUT2D eigenvalue weighted by Gasteiger charge is -2.36. The van der Waals surface area contributed by atoms with Crippen molar-refractivity contribution in [1.82, 2.24) is 15.6 Å². The predicted molar refractivity (Wildman–Crippen MR) is 121 cm³/mol. The van der Waals surface area contributed by atoms with E-state index in [0.29, 0.717) is 25.1 Å². The van der Waals surface area contributed by atoms with Crippen molar-refractivity contribution in [3.05, 3.63) is 59.4 Å². The first-order valence-corrected chi connectivity index (χ1v) is 11.0. The van der Waals surface area contributed by atoms with E-state index in [0.717, 1.165) is 30.5 Å². The normalized spacial score (nSPS) is 19.9. The summed E-state index contributed by atoms with van der Waals surface area (Å²) < 4.78 is 6.00. The Morgan fingerprint density at radius 3 is 2.56 bits per heavy atom. The van der Waals surface area contributed by atoms with Crippen LogP contribution in [0.4, 0.5) is 0 Å². The van der Waals surface area contributed by atoms with E-state index >= 15 is 0 Å². The molecule has 1 fully saturated rings. The van der Waals surface area contributed by atoms with Gasteiger partial charge in [0.25, 0.3) is 12.4 Å². The van der Waals surface area contributed by atoms with Gasteiger partial charge in [-0.05, 0) is 44.2 Å². The molecule has 174 valence electrons. The lowest BCUT2D eigenvalue weighted by atomic mass is 9.82. The number of nitrogens with one attached hydrogen (secondary N) is 3. The molecule has 1 saturated carbocycles. The molecule has 2 amide bonds. The summed E-state index contributed by atoms with van der Waals surface area (Å²) in [6, 6.07) is 11.5. The molecule has 0 aliphatic heterocycles. The molecule has 4 N–H and O–H groups in total. The van der Waals surface area contributed by atoms with Crippen LogP contribution in [0.5, 0.6) is 0 Å². The van der Waals surface area contributed by atoms with E-state index in [4.69, 9.17) is 14.6 Å². The average molecular weight is 444 g/mol. The van der Waals surface area contributed by atoms with Crippen molar-refractivity contribution in [2.24, 2.45) is 5.92 Å². The van der Waals surface area contributed by atoms with Crippen LogP contribution in [0.15, 0.2) is 42.6 Å². The summed E-state index contributed by atoms with van der Waals surface area (Å²) in [5.74, 6) is -0.207. The molecule has 1 aromatic heterocycles. The van der Waals surface area contributed by atoms with Crippen LogP contribution >= 0.6 is 0 Å². The van der Waals surface area contributed by atoms with Crippen LogP contribution in [0.3, 0.4) is 0 Å². The number of amides is 2. The molecule has 1 aliphatic carbocycles. The van der Waals surface area contributed by atoms with Crippen LogP contribution in [0, 0.1) is 12.8 Å². The van der Waals surface area contributed by atoms with E-state index in [1.165, 1.54) is 0 Å². The maximum Gasteiger partial charge on any atom is 0.290 e. The van der Waals surface area contributed by atoms with Gasteiger partial charge in [0.15, 0.2) is 0 Å².